The molecule has 0 unspecified atom stereocenters. The van der Waals surface area contributed by atoms with E-state index >= 15 is 0 Å². The van der Waals surface area contributed by atoms with Gasteiger partial charge in [-0.15, -0.1) is 0 Å². The van der Waals surface area contributed by atoms with Crippen LogP contribution < -0.4 is 4.72 Å². The van der Waals surface area contributed by atoms with Gasteiger partial charge in [0, 0.05) is 6.20 Å². The van der Waals surface area contributed by atoms with Crippen molar-refractivity contribution < 1.29 is 26.4 Å². The van der Waals surface area contributed by atoms with Crippen molar-refractivity contribution in [3.05, 3.63) is 52.3 Å². The molecule has 0 aliphatic carbocycles. The highest BCUT2D eigenvalue weighted by atomic mass is 35.5. The number of carbonyl (C=O) groups excluding carboxylic acids is 1. The Morgan fingerprint density at radius 2 is 1.88 bits per heavy atom. The Morgan fingerprint density at radius 1 is 1.24 bits per heavy atom. The van der Waals surface area contributed by atoms with E-state index in [0.29, 0.717) is 6.07 Å². The highest BCUT2D eigenvalue weighted by Crippen LogP contribution is 2.33. The summed E-state index contributed by atoms with van der Waals surface area (Å²) in [5, 5.41) is -1.06. The Kier molecular flexibility index (Phi) is 5.31. The average Bonchev–Trinajstić information content (AvgIpc) is 2.45. The average molecular weight is 413 g/mol. The molecule has 5 nitrogen and oxygen atoms in total. The predicted octanol–water partition coefficient (Wildman–Crippen LogP) is 4.24. The minimum Gasteiger partial charge on any atom is -0.277 e. The first-order valence-electron chi connectivity index (χ1n) is 6.48. The summed E-state index contributed by atoms with van der Waals surface area (Å²) in [4.78, 5) is 14.3. The first kappa shape index (κ1) is 19.5. The van der Waals surface area contributed by atoms with E-state index in [1.165, 1.54) is 6.92 Å². The lowest BCUT2D eigenvalue weighted by atomic mass is 10.1. The number of halogens is 5. The van der Waals surface area contributed by atoms with E-state index < -0.39 is 37.6 Å². The quantitative estimate of drug-likeness (QED) is 0.761. The third kappa shape index (κ3) is 4.42. The van der Waals surface area contributed by atoms with Gasteiger partial charge in [0.1, 0.15) is 5.69 Å². The van der Waals surface area contributed by atoms with Crippen molar-refractivity contribution in [2.75, 3.05) is 4.72 Å². The van der Waals surface area contributed by atoms with Crippen LogP contribution in [0.25, 0.3) is 0 Å². The van der Waals surface area contributed by atoms with Gasteiger partial charge < -0.3 is 0 Å². The lowest BCUT2D eigenvalue weighted by Crippen LogP contribution is -2.17. The molecule has 0 aliphatic heterocycles. The van der Waals surface area contributed by atoms with Crippen LogP contribution in [0, 0.1) is 6.92 Å². The summed E-state index contributed by atoms with van der Waals surface area (Å²) in [7, 11) is -4.45. The minimum atomic E-state index is -4.72. The predicted molar refractivity (Wildman–Crippen MR) is 86.4 cm³/mol. The molecule has 0 atom stereocenters. The second-order valence-electron chi connectivity index (χ2n) is 4.90. The molecule has 1 aromatic carbocycles. The van der Waals surface area contributed by atoms with Gasteiger partial charge in [-0.2, -0.15) is 13.2 Å². The minimum absolute atomic E-state index is 0.000691. The topological polar surface area (TPSA) is 76.1 Å². The second kappa shape index (κ2) is 6.81. The van der Waals surface area contributed by atoms with Crippen LogP contribution in [-0.4, -0.2) is 18.6 Å². The normalized spacial score (nSPS) is 12.1. The maximum absolute atomic E-state index is 13.0. The molecule has 11 heteroatoms. The number of nitrogens with zero attached hydrogens (tertiary/aromatic N) is 1. The van der Waals surface area contributed by atoms with Crippen LogP contribution in [0.1, 0.15) is 21.6 Å². The Hall–Kier alpha value is -1.84. The van der Waals surface area contributed by atoms with E-state index in [9.17, 15) is 26.4 Å². The van der Waals surface area contributed by atoms with Crippen molar-refractivity contribution >= 4 is 44.2 Å². The van der Waals surface area contributed by atoms with Crippen LogP contribution in [0.15, 0.2) is 35.4 Å². The number of aromatic nitrogens is 1. The number of sulfonamides is 1. The van der Waals surface area contributed by atoms with Crippen LogP contribution in [0.3, 0.4) is 0 Å². The fourth-order valence-electron chi connectivity index (χ4n) is 1.95. The smallest absolute Gasteiger partial charge is 0.277 e. The molecule has 1 aromatic heterocycles. The Morgan fingerprint density at radius 3 is 2.44 bits per heavy atom. The van der Waals surface area contributed by atoms with E-state index in [0.717, 1.165) is 24.4 Å². The molecule has 0 saturated carbocycles. The number of alkyl halides is 3. The molecule has 2 rings (SSSR count). The number of carbonyl (C=O) groups is 1. The summed E-state index contributed by atoms with van der Waals surface area (Å²) in [6.07, 6.45) is -3.65. The monoisotopic (exact) mass is 412 g/mol. The van der Waals surface area contributed by atoms with Crippen LogP contribution in [0.5, 0.6) is 0 Å². The third-order valence-corrected chi connectivity index (χ3v) is 4.86. The zero-order chi connectivity index (χ0) is 19.0. The van der Waals surface area contributed by atoms with Gasteiger partial charge in [0.2, 0.25) is 0 Å². The van der Waals surface area contributed by atoms with Crippen LogP contribution >= 0.6 is 23.2 Å². The molecule has 1 N–H and O–H groups in total. The number of benzene rings is 1. The molecule has 0 saturated heterocycles. The second-order valence-corrected chi connectivity index (χ2v) is 7.37. The zero-order valence-corrected chi connectivity index (χ0v) is 14.7. The third-order valence-electron chi connectivity index (χ3n) is 3.11. The standard InChI is InChI=1S/C14H9Cl2F3N2O3S/c1-7-2-3-9(5-10(7)14(17,18)19)25(23,24)21-11-4-8(15)6-20-12(11)13(16)22/h2-6,21H,1H3. The summed E-state index contributed by atoms with van der Waals surface area (Å²) in [6.45, 7) is 1.21. The van der Waals surface area contributed by atoms with Crippen molar-refractivity contribution in [2.45, 2.75) is 18.0 Å². The largest absolute Gasteiger partial charge is 0.416 e. The lowest BCUT2D eigenvalue weighted by molar-refractivity contribution is -0.138. The molecule has 0 bridgehead atoms. The molecule has 1 heterocycles. The molecule has 0 fully saturated rings. The molecule has 0 aliphatic rings. The number of rotatable bonds is 4. The molecular formula is C14H9Cl2F3N2O3S. The number of pyridine rings is 1. The summed E-state index contributed by atoms with van der Waals surface area (Å²) in [5.74, 6) is 0. The van der Waals surface area contributed by atoms with Gasteiger partial charge in [-0.3, -0.25) is 9.52 Å². The van der Waals surface area contributed by atoms with Crippen molar-refractivity contribution in [1.29, 1.82) is 0 Å². The van der Waals surface area contributed by atoms with Crippen LogP contribution in [-0.2, 0) is 16.2 Å². The fraction of sp³-hybridized carbons (Fsp3) is 0.143. The highest BCUT2D eigenvalue weighted by molar-refractivity contribution is 7.92. The molecule has 2 aromatic rings. The van der Waals surface area contributed by atoms with Crippen molar-refractivity contribution in [3.63, 3.8) is 0 Å². The number of hydrogen-bond acceptors (Lipinski definition) is 4. The van der Waals surface area contributed by atoms with Crippen LogP contribution in [0.2, 0.25) is 5.02 Å². The Balaban J connectivity index is 2.51. The fourth-order valence-corrected chi connectivity index (χ4v) is 3.34. The highest BCUT2D eigenvalue weighted by Gasteiger charge is 2.33. The first-order valence-corrected chi connectivity index (χ1v) is 8.72. The molecule has 0 radical (unpaired) electrons. The van der Waals surface area contributed by atoms with Gasteiger partial charge in [-0.25, -0.2) is 13.4 Å². The summed E-state index contributed by atoms with van der Waals surface area (Å²) in [5.41, 5.74) is -2.00. The van der Waals surface area contributed by atoms with Crippen molar-refractivity contribution in [1.82, 2.24) is 4.98 Å². The SMILES string of the molecule is Cc1ccc(S(=O)(=O)Nc2cc(Cl)cnc2C(=O)Cl)cc1C(F)(F)F. The maximum Gasteiger partial charge on any atom is 0.416 e. The van der Waals surface area contributed by atoms with E-state index in [-0.39, 0.29) is 16.3 Å². The van der Waals surface area contributed by atoms with Gasteiger partial charge in [0.15, 0.2) is 0 Å². The maximum atomic E-state index is 13.0. The van der Waals surface area contributed by atoms with Crippen molar-refractivity contribution in [3.8, 4) is 0 Å². The molecular weight excluding hydrogens is 404 g/mol. The Bertz CT molecular complexity index is 947. The number of hydrogen-bond donors (Lipinski definition) is 1. The van der Waals surface area contributed by atoms with Crippen molar-refractivity contribution in [2.24, 2.45) is 0 Å². The summed E-state index contributed by atoms with van der Waals surface area (Å²) < 4.78 is 65.6. The number of aryl methyl sites for hydroxylation is 1. The van der Waals surface area contributed by atoms with Crippen LogP contribution in [0.4, 0.5) is 18.9 Å². The lowest BCUT2D eigenvalue weighted by Gasteiger charge is -2.14. The Labute approximate surface area is 150 Å². The molecule has 0 amide bonds. The van der Waals surface area contributed by atoms with Gasteiger partial charge >= 0.3 is 6.18 Å². The van der Waals surface area contributed by atoms with Gasteiger partial charge in [0.05, 0.1) is 21.2 Å². The van der Waals surface area contributed by atoms with Gasteiger partial charge in [-0.05, 0) is 42.3 Å². The molecule has 134 valence electrons. The summed E-state index contributed by atoms with van der Waals surface area (Å²) >= 11 is 11.0. The van der Waals surface area contributed by atoms with E-state index in [1.807, 2.05) is 4.72 Å². The summed E-state index contributed by atoms with van der Waals surface area (Å²) in [6, 6.07) is 3.60. The van der Waals surface area contributed by atoms with E-state index in [2.05, 4.69) is 4.98 Å². The number of nitrogens with one attached hydrogen (secondary N) is 1. The van der Waals surface area contributed by atoms with Gasteiger partial charge in [-0.1, -0.05) is 17.7 Å². The molecule has 25 heavy (non-hydrogen) atoms. The van der Waals surface area contributed by atoms with E-state index in [1.54, 1.807) is 0 Å². The van der Waals surface area contributed by atoms with E-state index in [4.69, 9.17) is 23.2 Å². The van der Waals surface area contributed by atoms with Gasteiger partial charge in [0.25, 0.3) is 15.3 Å². The first-order chi connectivity index (χ1) is 11.4. The zero-order valence-electron chi connectivity index (χ0n) is 12.4. The number of anilines is 1. The molecule has 0 spiro atoms.